The van der Waals surface area contributed by atoms with Gasteiger partial charge in [0.1, 0.15) is 5.75 Å². The van der Waals surface area contributed by atoms with Crippen molar-refractivity contribution in [3.8, 4) is 17.3 Å². The van der Waals surface area contributed by atoms with Crippen LogP contribution in [-0.2, 0) is 11.3 Å². The molecule has 182 valence electrons. The fourth-order valence-corrected chi connectivity index (χ4v) is 2.92. The zero-order chi connectivity index (χ0) is 25.4. The molecule has 0 radical (unpaired) electrons. The van der Waals surface area contributed by atoms with Gasteiger partial charge in [-0.05, 0) is 36.4 Å². The number of aromatic carboxylic acids is 1. The van der Waals surface area contributed by atoms with Crippen molar-refractivity contribution in [1.82, 2.24) is 15.1 Å². The Morgan fingerprint density at radius 2 is 1.68 bits per heavy atom. The number of nitrogens with two attached hydrogens (primary N) is 1. The normalized spacial score (nSPS) is 10.7. The average molecular weight is 507 g/mol. The molecule has 0 atom stereocenters. The molecule has 4 N–H and O–H groups in total. The van der Waals surface area contributed by atoms with Crippen molar-refractivity contribution in [3.63, 3.8) is 0 Å². The minimum Gasteiger partial charge on any atom is -0.476 e. The Hall–Kier alpha value is -3.07. The lowest BCUT2D eigenvalue weighted by Gasteiger charge is -2.13. The van der Waals surface area contributed by atoms with Crippen LogP contribution in [0, 0.1) is 5.92 Å². The molecule has 8 nitrogen and oxygen atoms in total. The molecule has 34 heavy (non-hydrogen) atoms. The van der Waals surface area contributed by atoms with Crippen LogP contribution in [0.4, 0.5) is 0 Å². The largest absolute Gasteiger partial charge is 0.476 e. The maximum Gasteiger partial charge on any atom is 0.356 e. The van der Waals surface area contributed by atoms with Crippen molar-refractivity contribution in [2.24, 2.45) is 11.7 Å². The van der Waals surface area contributed by atoms with Gasteiger partial charge in [-0.3, -0.25) is 4.79 Å². The number of rotatable bonds is 8. The van der Waals surface area contributed by atoms with Crippen LogP contribution in [0.2, 0.25) is 10.0 Å². The van der Waals surface area contributed by atoms with E-state index in [2.05, 4.69) is 10.4 Å². The number of para-hydroxylation sites is 1. The van der Waals surface area contributed by atoms with E-state index in [1.807, 2.05) is 13.8 Å². The summed E-state index contributed by atoms with van der Waals surface area (Å²) in [5.41, 5.74) is 5.64. The summed E-state index contributed by atoms with van der Waals surface area (Å²) < 4.78 is 7.46. The lowest BCUT2D eigenvalue weighted by atomic mass is 10.2. The lowest BCUT2D eigenvalue weighted by Crippen LogP contribution is -2.23. The van der Waals surface area contributed by atoms with Gasteiger partial charge in [0.2, 0.25) is 11.8 Å². The third kappa shape index (κ3) is 7.48. The first-order valence-corrected chi connectivity index (χ1v) is 11.3. The maximum atomic E-state index is 11.8. The van der Waals surface area contributed by atoms with Crippen LogP contribution >= 0.6 is 23.2 Å². The molecule has 0 aliphatic carbocycles. The molecule has 0 aliphatic rings. The van der Waals surface area contributed by atoms with Crippen LogP contribution in [0.1, 0.15) is 43.7 Å². The monoisotopic (exact) mass is 506 g/mol. The van der Waals surface area contributed by atoms with Crippen molar-refractivity contribution < 1.29 is 19.4 Å². The Kier molecular flexibility index (Phi) is 9.92. The number of halogens is 2. The molecule has 1 aromatic heterocycles. The van der Waals surface area contributed by atoms with Gasteiger partial charge in [-0.25, -0.2) is 4.79 Å². The number of carboxylic acid groups (broad SMARTS) is 1. The molecular weight excluding hydrogens is 479 g/mol. The first-order chi connectivity index (χ1) is 16.0. The van der Waals surface area contributed by atoms with Crippen LogP contribution in [0.3, 0.4) is 0 Å². The quantitative estimate of drug-likeness (QED) is 0.381. The van der Waals surface area contributed by atoms with E-state index in [1.165, 1.54) is 4.68 Å². The van der Waals surface area contributed by atoms with Crippen LogP contribution in [0.15, 0.2) is 48.5 Å². The van der Waals surface area contributed by atoms with Crippen LogP contribution in [0.25, 0.3) is 5.69 Å². The molecule has 0 unspecified atom stereocenters. The molecule has 3 rings (SSSR count). The molecule has 0 saturated carbocycles. The van der Waals surface area contributed by atoms with Gasteiger partial charge in [0.05, 0.1) is 16.3 Å². The Balaban J connectivity index is 0.000000604. The highest BCUT2D eigenvalue weighted by molar-refractivity contribution is 6.32. The molecule has 0 bridgehead atoms. The van der Waals surface area contributed by atoms with Crippen LogP contribution in [-0.4, -0.2) is 32.8 Å². The van der Waals surface area contributed by atoms with E-state index in [0.717, 1.165) is 0 Å². The van der Waals surface area contributed by atoms with E-state index in [9.17, 15) is 14.7 Å². The summed E-state index contributed by atoms with van der Waals surface area (Å²) in [6.07, 6.45) is 0. The van der Waals surface area contributed by atoms with Crippen LogP contribution in [0.5, 0.6) is 11.6 Å². The summed E-state index contributed by atoms with van der Waals surface area (Å²) in [6, 6.07) is 14.0. The van der Waals surface area contributed by atoms with Gasteiger partial charge in [-0.2, -0.15) is 9.78 Å². The molecule has 1 amide bonds. The standard InChI is InChI=1S/C20H19Cl2N3O3.C4H9NO/c1-12(2)23-11-15-18(20(26)27)24-25(17-6-4-3-5-16(17)22)19(15)28-14-9-7-13(21)8-10-14;1-3(2)4(5)6/h3-10,12,23H,11H2,1-2H3,(H,26,27);3H,1-2H3,(H2,5,6). The number of carbonyl (C=O) groups is 2. The second-order valence-electron chi connectivity index (χ2n) is 7.95. The molecule has 10 heteroatoms. The fraction of sp³-hybridized carbons (Fsp3) is 0.292. The summed E-state index contributed by atoms with van der Waals surface area (Å²) in [4.78, 5) is 21.8. The Labute approximate surface area is 208 Å². The number of hydrogen-bond acceptors (Lipinski definition) is 5. The highest BCUT2D eigenvalue weighted by atomic mass is 35.5. The van der Waals surface area contributed by atoms with Crippen LogP contribution < -0.4 is 15.8 Å². The van der Waals surface area contributed by atoms with E-state index in [4.69, 9.17) is 33.7 Å². The smallest absolute Gasteiger partial charge is 0.356 e. The molecule has 0 aliphatic heterocycles. The number of carboxylic acids is 1. The van der Waals surface area contributed by atoms with Gasteiger partial charge in [-0.1, -0.05) is 63.0 Å². The summed E-state index contributed by atoms with van der Waals surface area (Å²) in [5, 5.41) is 18.2. The third-order valence-electron chi connectivity index (χ3n) is 4.50. The summed E-state index contributed by atoms with van der Waals surface area (Å²) >= 11 is 12.3. The average Bonchev–Trinajstić information content (AvgIpc) is 3.12. The van der Waals surface area contributed by atoms with Crippen molar-refractivity contribution in [2.75, 3.05) is 0 Å². The Morgan fingerprint density at radius 1 is 1.09 bits per heavy atom. The van der Waals surface area contributed by atoms with Crippen molar-refractivity contribution >= 4 is 35.1 Å². The molecule has 0 fully saturated rings. The van der Waals surface area contributed by atoms with Gasteiger partial charge in [0.25, 0.3) is 0 Å². The second kappa shape index (κ2) is 12.4. The Bertz CT molecular complexity index is 1130. The minimum absolute atomic E-state index is 0.00926. The highest BCUT2D eigenvalue weighted by Gasteiger charge is 2.26. The number of benzene rings is 2. The lowest BCUT2D eigenvalue weighted by molar-refractivity contribution is -0.120. The van der Waals surface area contributed by atoms with Gasteiger partial charge in [-0.15, -0.1) is 0 Å². The van der Waals surface area contributed by atoms with Gasteiger partial charge < -0.3 is 20.9 Å². The molecule has 0 saturated heterocycles. The van der Waals surface area contributed by atoms with Gasteiger partial charge >= 0.3 is 5.97 Å². The summed E-state index contributed by atoms with van der Waals surface area (Å²) in [5.74, 6) is -0.617. The number of nitrogens with one attached hydrogen (secondary N) is 1. The first kappa shape index (κ1) is 27.2. The van der Waals surface area contributed by atoms with E-state index >= 15 is 0 Å². The number of aromatic nitrogens is 2. The number of ether oxygens (including phenoxy) is 1. The minimum atomic E-state index is -1.15. The molecule has 0 spiro atoms. The zero-order valence-electron chi connectivity index (χ0n) is 19.4. The van der Waals surface area contributed by atoms with Gasteiger partial charge in [0.15, 0.2) is 5.69 Å². The van der Waals surface area contributed by atoms with E-state index in [1.54, 1.807) is 62.4 Å². The number of nitrogens with zero attached hydrogens (tertiary/aromatic N) is 2. The predicted octanol–water partition coefficient (Wildman–Crippen LogP) is 5.30. The van der Waals surface area contributed by atoms with Gasteiger partial charge in [0, 0.05) is 23.5 Å². The maximum absolute atomic E-state index is 11.8. The molecular formula is C24H28Cl2N4O4. The summed E-state index contributed by atoms with van der Waals surface area (Å²) in [7, 11) is 0. The molecule has 2 aromatic carbocycles. The number of hydrogen-bond donors (Lipinski definition) is 3. The van der Waals surface area contributed by atoms with E-state index in [0.29, 0.717) is 27.0 Å². The zero-order valence-corrected chi connectivity index (χ0v) is 20.9. The topological polar surface area (TPSA) is 119 Å². The fourth-order valence-electron chi connectivity index (χ4n) is 2.58. The number of amides is 1. The molecule has 1 heterocycles. The first-order valence-electron chi connectivity index (χ1n) is 10.6. The Morgan fingerprint density at radius 3 is 2.18 bits per heavy atom. The predicted molar refractivity (Wildman–Crippen MR) is 133 cm³/mol. The SMILES string of the molecule is CC(C)C(N)=O.CC(C)NCc1c(C(=O)O)nn(-c2ccccc2Cl)c1Oc1ccc(Cl)cc1. The molecule has 3 aromatic rings. The van der Waals surface area contributed by atoms with Crippen molar-refractivity contribution in [1.29, 1.82) is 0 Å². The highest BCUT2D eigenvalue weighted by Crippen LogP contribution is 2.33. The number of primary amides is 1. The second-order valence-corrected chi connectivity index (χ2v) is 8.79. The van der Waals surface area contributed by atoms with E-state index in [-0.39, 0.29) is 36.0 Å². The summed E-state index contributed by atoms with van der Waals surface area (Å²) in [6.45, 7) is 7.74. The third-order valence-corrected chi connectivity index (χ3v) is 5.08. The van der Waals surface area contributed by atoms with Crippen molar-refractivity contribution in [2.45, 2.75) is 40.3 Å². The number of carbonyl (C=O) groups excluding carboxylic acids is 1. The van der Waals surface area contributed by atoms with E-state index < -0.39 is 5.97 Å². The van der Waals surface area contributed by atoms with Crippen molar-refractivity contribution in [3.05, 3.63) is 69.8 Å².